The van der Waals surface area contributed by atoms with Gasteiger partial charge in [0.25, 0.3) is 5.91 Å². The Bertz CT molecular complexity index is 833. The van der Waals surface area contributed by atoms with Crippen LogP contribution in [0.15, 0.2) is 42.5 Å². The normalized spacial score (nSPS) is 14.8. The number of nitro benzene ring substituents is 1. The molecule has 0 bridgehead atoms. The van der Waals surface area contributed by atoms with Crippen molar-refractivity contribution in [3.63, 3.8) is 0 Å². The van der Waals surface area contributed by atoms with Crippen LogP contribution in [0.3, 0.4) is 0 Å². The van der Waals surface area contributed by atoms with Gasteiger partial charge < -0.3 is 14.5 Å². The van der Waals surface area contributed by atoms with Crippen molar-refractivity contribution in [1.82, 2.24) is 4.90 Å². The Morgan fingerprint density at radius 1 is 1.22 bits per heavy atom. The molecule has 1 heterocycles. The van der Waals surface area contributed by atoms with Crippen molar-refractivity contribution < 1.29 is 23.7 Å². The highest BCUT2D eigenvalue weighted by molar-refractivity contribution is 5.94. The van der Waals surface area contributed by atoms with E-state index >= 15 is 0 Å². The third kappa shape index (κ3) is 4.40. The van der Waals surface area contributed by atoms with E-state index in [9.17, 15) is 19.3 Å². The fraction of sp³-hybridized carbons (Fsp3) is 0.316. The summed E-state index contributed by atoms with van der Waals surface area (Å²) in [5.74, 6) is -0.426. The molecule has 0 aromatic heterocycles. The van der Waals surface area contributed by atoms with Gasteiger partial charge in [0.15, 0.2) is 0 Å². The zero-order valence-electron chi connectivity index (χ0n) is 15.0. The standard InChI is InChI=1S/C19H20FN3O4/c1-27-16-5-2-14(3-6-16)13-21-8-10-22(11-9-21)19(24)15-4-7-17(20)18(12-15)23(25)26/h2-7,12H,8-11,13H2,1H3/p+1. The van der Waals surface area contributed by atoms with Crippen molar-refractivity contribution in [2.75, 3.05) is 33.3 Å². The van der Waals surface area contributed by atoms with E-state index in [-0.39, 0.29) is 11.5 Å². The lowest BCUT2D eigenvalue weighted by molar-refractivity contribution is -0.917. The molecule has 0 atom stereocenters. The third-order valence-corrected chi connectivity index (χ3v) is 4.76. The molecule has 0 aliphatic carbocycles. The van der Waals surface area contributed by atoms with Gasteiger partial charge in [-0.2, -0.15) is 4.39 Å². The summed E-state index contributed by atoms with van der Waals surface area (Å²) in [6.07, 6.45) is 0. The SMILES string of the molecule is COc1ccc(C[NH+]2CCN(C(=O)c3ccc(F)c([N+](=O)[O-])c3)CC2)cc1. The van der Waals surface area contributed by atoms with Crippen LogP contribution in [0.1, 0.15) is 15.9 Å². The quantitative estimate of drug-likeness (QED) is 0.632. The van der Waals surface area contributed by atoms with E-state index in [1.165, 1.54) is 16.5 Å². The van der Waals surface area contributed by atoms with Crippen molar-refractivity contribution >= 4 is 11.6 Å². The number of rotatable bonds is 5. The minimum Gasteiger partial charge on any atom is -0.497 e. The topological polar surface area (TPSA) is 77.1 Å². The number of piperazine rings is 1. The summed E-state index contributed by atoms with van der Waals surface area (Å²) < 4.78 is 18.6. The lowest BCUT2D eigenvalue weighted by atomic mass is 10.1. The number of nitrogens with one attached hydrogen (secondary N) is 1. The van der Waals surface area contributed by atoms with E-state index in [0.717, 1.165) is 37.5 Å². The molecule has 2 aromatic rings. The van der Waals surface area contributed by atoms with E-state index < -0.39 is 16.4 Å². The van der Waals surface area contributed by atoms with Crippen molar-refractivity contribution in [1.29, 1.82) is 0 Å². The van der Waals surface area contributed by atoms with Crippen molar-refractivity contribution in [2.24, 2.45) is 0 Å². The van der Waals surface area contributed by atoms with Crippen molar-refractivity contribution in [3.05, 3.63) is 69.5 Å². The number of hydrogen-bond acceptors (Lipinski definition) is 4. The number of halogens is 1. The predicted octanol–water partition coefficient (Wildman–Crippen LogP) is 1.28. The first kappa shape index (κ1) is 18.8. The molecule has 1 aliphatic heterocycles. The Kier molecular flexibility index (Phi) is 5.66. The van der Waals surface area contributed by atoms with Gasteiger partial charge in [0, 0.05) is 17.2 Å². The Morgan fingerprint density at radius 2 is 1.89 bits per heavy atom. The Balaban J connectivity index is 1.59. The minimum absolute atomic E-state index is 0.140. The highest BCUT2D eigenvalue weighted by Gasteiger charge is 2.26. The molecule has 7 nitrogen and oxygen atoms in total. The van der Waals surface area contributed by atoms with Crippen LogP contribution >= 0.6 is 0 Å². The number of quaternary nitrogens is 1. The molecule has 3 rings (SSSR count). The summed E-state index contributed by atoms with van der Waals surface area (Å²) in [5.41, 5.74) is 0.658. The first-order chi connectivity index (χ1) is 13.0. The van der Waals surface area contributed by atoms with E-state index in [1.54, 1.807) is 12.0 Å². The molecule has 1 N–H and O–H groups in total. The fourth-order valence-electron chi connectivity index (χ4n) is 3.20. The van der Waals surface area contributed by atoms with E-state index in [2.05, 4.69) is 0 Å². The smallest absolute Gasteiger partial charge is 0.305 e. The maximum atomic E-state index is 13.5. The van der Waals surface area contributed by atoms with Crippen LogP contribution < -0.4 is 9.64 Å². The molecule has 0 spiro atoms. The van der Waals surface area contributed by atoms with Crippen LogP contribution in [-0.4, -0.2) is 49.0 Å². The first-order valence-electron chi connectivity index (χ1n) is 8.67. The van der Waals surface area contributed by atoms with Gasteiger partial charge in [0.1, 0.15) is 12.3 Å². The maximum absolute atomic E-state index is 13.5. The number of nitro groups is 1. The monoisotopic (exact) mass is 374 g/mol. The summed E-state index contributed by atoms with van der Waals surface area (Å²) in [4.78, 5) is 25.6. The van der Waals surface area contributed by atoms with Crippen LogP contribution in [-0.2, 0) is 6.54 Å². The third-order valence-electron chi connectivity index (χ3n) is 4.76. The summed E-state index contributed by atoms with van der Waals surface area (Å²) in [6, 6.07) is 11.2. The van der Waals surface area contributed by atoms with Gasteiger partial charge in [0.2, 0.25) is 5.82 Å². The average molecular weight is 374 g/mol. The molecule has 0 saturated carbocycles. The second kappa shape index (κ2) is 8.13. The number of benzene rings is 2. The van der Waals surface area contributed by atoms with Gasteiger partial charge in [0.05, 0.1) is 38.2 Å². The number of hydrogen-bond donors (Lipinski definition) is 1. The number of carbonyl (C=O) groups excluding carboxylic acids is 1. The maximum Gasteiger partial charge on any atom is 0.305 e. The van der Waals surface area contributed by atoms with Crippen LogP contribution in [0.25, 0.3) is 0 Å². The molecule has 1 aliphatic rings. The molecule has 1 fully saturated rings. The van der Waals surface area contributed by atoms with Crippen molar-refractivity contribution in [3.8, 4) is 5.75 Å². The first-order valence-corrected chi connectivity index (χ1v) is 8.67. The van der Waals surface area contributed by atoms with E-state index in [0.29, 0.717) is 13.1 Å². The van der Waals surface area contributed by atoms with E-state index in [4.69, 9.17) is 4.74 Å². The average Bonchev–Trinajstić information content (AvgIpc) is 2.69. The molecule has 27 heavy (non-hydrogen) atoms. The lowest BCUT2D eigenvalue weighted by Gasteiger charge is -2.32. The molecular formula is C19H21FN3O4+. The van der Waals surface area contributed by atoms with Gasteiger partial charge in [-0.05, 0) is 36.4 Å². The molecule has 142 valence electrons. The number of methoxy groups -OCH3 is 1. The molecule has 0 radical (unpaired) electrons. The van der Waals surface area contributed by atoms with Crippen LogP contribution in [0.4, 0.5) is 10.1 Å². The van der Waals surface area contributed by atoms with Crippen LogP contribution in [0.2, 0.25) is 0 Å². The number of ether oxygens (including phenoxy) is 1. The zero-order valence-corrected chi connectivity index (χ0v) is 15.0. The van der Waals surface area contributed by atoms with Gasteiger partial charge in [-0.25, -0.2) is 0 Å². The molecular weight excluding hydrogens is 353 g/mol. The second-order valence-corrected chi connectivity index (χ2v) is 6.49. The summed E-state index contributed by atoms with van der Waals surface area (Å²) >= 11 is 0. The molecule has 1 amide bonds. The lowest BCUT2D eigenvalue weighted by Crippen LogP contribution is -3.13. The Hall–Kier alpha value is -3.00. The molecule has 2 aromatic carbocycles. The zero-order chi connectivity index (χ0) is 19.4. The fourth-order valence-corrected chi connectivity index (χ4v) is 3.20. The second-order valence-electron chi connectivity index (χ2n) is 6.49. The summed E-state index contributed by atoms with van der Waals surface area (Å²) in [7, 11) is 1.63. The Morgan fingerprint density at radius 3 is 2.48 bits per heavy atom. The highest BCUT2D eigenvalue weighted by Crippen LogP contribution is 2.19. The van der Waals surface area contributed by atoms with Crippen molar-refractivity contribution in [2.45, 2.75) is 6.54 Å². The predicted molar refractivity (Wildman–Crippen MR) is 96.4 cm³/mol. The van der Waals surface area contributed by atoms with Gasteiger partial charge in [-0.15, -0.1) is 0 Å². The number of amides is 1. The van der Waals surface area contributed by atoms with Gasteiger partial charge >= 0.3 is 5.69 Å². The van der Waals surface area contributed by atoms with Gasteiger partial charge in [-0.1, -0.05) is 0 Å². The molecule has 0 unspecified atom stereocenters. The van der Waals surface area contributed by atoms with Gasteiger partial charge in [-0.3, -0.25) is 14.9 Å². The van der Waals surface area contributed by atoms with Crippen LogP contribution in [0.5, 0.6) is 5.75 Å². The van der Waals surface area contributed by atoms with Crippen LogP contribution in [0, 0.1) is 15.9 Å². The largest absolute Gasteiger partial charge is 0.497 e. The number of nitrogens with zero attached hydrogens (tertiary/aromatic N) is 2. The summed E-state index contributed by atoms with van der Waals surface area (Å²) in [6.45, 7) is 3.52. The Labute approximate surface area is 156 Å². The minimum atomic E-state index is -0.940. The highest BCUT2D eigenvalue weighted by atomic mass is 19.1. The number of carbonyl (C=O) groups is 1. The molecule has 8 heteroatoms. The summed E-state index contributed by atoms with van der Waals surface area (Å²) in [5, 5.41) is 10.9. The molecule has 1 saturated heterocycles. The van der Waals surface area contributed by atoms with E-state index in [1.807, 2.05) is 24.3 Å².